The van der Waals surface area contributed by atoms with Gasteiger partial charge in [-0.3, -0.25) is 9.59 Å². The topological polar surface area (TPSA) is 101 Å². The first kappa shape index (κ1) is 24.5. The number of carbonyl (C=O) groups is 1. The lowest BCUT2D eigenvalue weighted by molar-refractivity contribution is 0.0952. The number of aromatic nitrogens is 2. The monoisotopic (exact) mass is 545 g/mol. The number of nitrogens with zero attached hydrogens (tertiary/aromatic N) is 1. The van der Waals surface area contributed by atoms with Gasteiger partial charge in [0.15, 0.2) is 0 Å². The van der Waals surface area contributed by atoms with E-state index >= 15 is 0 Å². The predicted molar refractivity (Wildman–Crippen MR) is 138 cm³/mol. The lowest BCUT2D eigenvalue weighted by atomic mass is 10.1. The molecule has 0 spiro atoms. The highest BCUT2D eigenvalue weighted by molar-refractivity contribution is 9.10. The molecule has 180 valence electrons. The Morgan fingerprint density at radius 3 is 2.59 bits per heavy atom. The molecule has 9 heteroatoms. The zero-order chi connectivity index (χ0) is 24.8. The molecule has 0 aliphatic heterocycles. The van der Waals surface area contributed by atoms with E-state index in [0.717, 1.165) is 24.1 Å². The summed E-state index contributed by atoms with van der Waals surface area (Å²) in [6.45, 7) is 9.24. The van der Waals surface area contributed by atoms with E-state index < -0.39 is 15.3 Å². The largest absolute Gasteiger partial charge is 0.348 e. The van der Waals surface area contributed by atoms with Gasteiger partial charge in [0.05, 0.1) is 16.3 Å². The van der Waals surface area contributed by atoms with Gasteiger partial charge < -0.3 is 10.3 Å². The maximum absolute atomic E-state index is 13.6. The fraction of sp³-hybridized carbons (Fsp3) is 0.360. The number of halogens is 1. The maximum atomic E-state index is 13.6. The number of H-pyrrole nitrogens is 1. The fourth-order valence-corrected chi connectivity index (χ4v) is 7.18. The number of benzene rings is 1. The molecule has 2 aromatic heterocycles. The molecule has 4 rings (SSSR count). The van der Waals surface area contributed by atoms with Crippen LogP contribution in [0, 0.1) is 26.7 Å². The van der Waals surface area contributed by atoms with Crippen molar-refractivity contribution >= 4 is 42.8 Å². The first-order valence-electron chi connectivity index (χ1n) is 11.2. The minimum atomic E-state index is -3.69. The van der Waals surface area contributed by atoms with Crippen molar-refractivity contribution in [2.75, 3.05) is 0 Å². The van der Waals surface area contributed by atoms with Crippen LogP contribution in [0.1, 0.15) is 52.0 Å². The molecule has 0 radical (unpaired) electrons. The minimum absolute atomic E-state index is 0.0649. The van der Waals surface area contributed by atoms with E-state index in [0.29, 0.717) is 38.5 Å². The maximum Gasteiger partial charge on any atom is 0.253 e. The van der Waals surface area contributed by atoms with Crippen LogP contribution in [0.25, 0.3) is 10.9 Å². The lowest BCUT2D eigenvalue weighted by Gasteiger charge is -2.17. The molecule has 1 atom stereocenters. The molecule has 34 heavy (non-hydrogen) atoms. The number of hydrogen-bond acceptors (Lipinski definition) is 4. The van der Waals surface area contributed by atoms with Crippen LogP contribution in [-0.2, 0) is 16.6 Å². The number of hydrogen-bond donors (Lipinski definition) is 2. The normalized spacial score (nSPS) is 14.8. The Morgan fingerprint density at radius 1 is 1.26 bits per heavy atom. The highest BCUT2D eigenvalue weighted by Crippen LogP contribution is 2.40. The molecule has 0 saturated heterocycles. The third kappa shape index (κ3) is 4.51. The third-order valence-corrected chi connectivity index (χ3v) is 9.04. The van der Waals surface area contributed by atoms with Gasteiger partial charge in [0.25, 0.3) is 11.5 Å². The molecule has 1 fully saturated rings. The summed E-state index contributed by atoms with van der Waals surface area (Å²) in [6, 6.07) is 5.26. The Bertz CT molecular complexity index is 1470. The summed E-state index contributed by atoms with van der Waals surface area (Å²) in [5, 5.41) is 2.87. The molecule has 2 N–H and O–H groups in total. The molecule has 1 saturated carbocycles. The van der Waals surface area contributed by atoms with E-state index in [4.69, 9.17) is 0 Å². The van der Waals surface area contributed by atoms with Crippen LogP contribution in [-0.4, -0.2) is 28.5 Å². The summed E-state index contributed by atoms with van der Waals surface area (Å²) < 4.78 is 29.1. The molecular weight excluding hydrogens is 518 g/mol. The Balaban J connectivity index is 1.74. The van der Waals surface area contributed by atoms with Gasteiger partial charge in [-0.2, -0.15) is 0 Å². The number of aromatic amines is 1. The molecular formula is C25H28BrN3O4S. The Hall–Kier alpha value is -2.65. The number of rotatable bonds is 8. The number of aryl methyl sites for hydroxylation is 3. The molecule has 1 aromatic carbocycles. The second-order valence-corrected chi connectivity index (χ2v) is 12.0. The summed E-state index contributed by atoms with van der Waals surface area (Å²) in [7, 11) is -3.69. The number of fused-ring (bicyclic) bond motifs is 1. The van der Waals surface area contributed by atoms with Crippen LogP contribution in [0.15, 0.2) is 46.3 Å². The molecule has 1 aliphatic rings. The Kier molecular flexibility index (Phi) is 6.61. The van der Waals surface area contributed by atoms with E-state index in [-0.39, 0.29) is 23.9 Å². The number of carbonyl (C=O) groups excluding carboxylic acids is 1. The molecule has 0 bridgehead atoms. The summed E-state index contributed by atoms with van der Waals surface area (Å²) in [6.07, 6.45) is 5.42. The Morgan fingerprint density at radius 2 is 1.97 bits per heavy atom. The van der Waals surface area contributed by atoms with E-state index in [1.807, 2.05) is 13.0 Å². The molecule has 1 aliphatic carbocycles. The van der Waals surface area contributed by atoms with Crippen LogP contribution < -0.4 is 10.9 Å². The first-order chi connectivity index (χ1) is 16.0. The SMILES string of the molecule is C=CCC(C1CC1)S(=O)(=O)n1cc(C)c2c(C(=O)NCc3c(C)cc(C)[nH]c3=O)cc(Br)cc21. The number of pyridine rings is 1. The summed E-state index contributed by atoms with van der Waals surface area (Å²) in [5.74, 6) is -0.250. The zero-order valence-electron chi connectivity index (χ0n) is 19.4. The third-order valence-electron chi connectivity index (χ3n) is 6.39. The van der Waals surface area contributed by atoms with Gasteiger partial charge >= 0.3 is 0 Å². The van der Waals surface area contributed by atoms with E-state index in [1.54, 1.807) is 38.3 Å². The summed E-state index contributed by atoms with van der Waals surface area (Å²) >= 11 is 3.44. The molecule has 2 heterocycles. The van der Waals surface area contributed by atoms with E-state index in [1.165, 1.54) is 3.97 Å². The van der Waals surface area contributed by atoms with Gasteiger partial charge in [0.1, 0.15) is 0 Å². The Labute approximate surface area is 207 Å². The highest BCUT2D eigenvalue weighted by atomic mass is 79.9. The van der Waals surface area contributed by atoms with Crippen molar-refractivity contribution in [1.82, 2.24) is 14.3 Å². The highest BCUT2D eigenvalue weighted by Gasteiger charge is 2.40. The van der Waals surface area contributed by atoms with Crippen LogP contribution in [0.2, 0.25) is 0 Å². The van der Waals surface area contributed by atoms with Gasteiger partial charge in [-0.1, -0.05) is 22.0 Å². The quantitative estimate of drug-likeness (QED) is 0.407. The van der Waals surface area contributed by atoms with Gasteiger partial charge in [-0.15, -0.1) is 6.58 Å². The van der Waals surface area contributed by atoms with Crippen LogP contribution in [0.3, 0.4) is 0 Å². The smallest absolute Gasteiger partial charge is 0.253 e. The lowest BCUT2D eigenvalue weighted by Crippen LogP contribution is -2.29. The van der Waals surface area contributed by atoms with Crippen LogP contribution in [0.4, 0.5) is 0 Å². The fourth-order valence-electron chi connectivity index (χ4n) is 4.58. The zero-order valence-corrected chi connectivity index (χ0v) is 21.8. The van der Waals surface area contributed by atoms with Gasteiger partial charge in [0.2, 0.25) is 10.0 Å². The van der Waals surface area contributed by atoms with E-state index in [9.17, 15) is 18.0 Å². The van der Waals surface area contributed by atoms with E-state index in [2.05, 4.69) is 32.8 Å². The van der Waals surface area contributed by atoms with Crippen molar-refractivity contribution in [3.63, 3.8) is 0 Å². The average molecular weight is 546 g/mol. The van der Waals surface area contributed by atoms with Crippen molar-refractivity contribution < 1.29 is 13.2 Å². The summed E-state index contributed by atoms with van der Waals surface area (Å²) in [4.78, 5) is 28.3. The standard InChI is InChI=1S/C25H28BrN3O4S/c1-5-6-22(17-7-8-17)34(32,33)29-13-15(3)23-19(10-18(26)11-21(23)29)24(30)27-12-20-14(2)9-16(4)28-25(20)31/h5,9-11,13,17,22H,1,6-8,12H2,2-4H3,(H,27,30)(H,28,31). The van der Waals surface area contributed by atoms with Crippen molar-refractivity contribution in [3.05, 3.63) is 79.8 Å². The van der Waals surface area contributed by atoms with Crippen LogP contribution in [0.5, 0.6) is 0 Å². The first-order valence-corrected chi connectivity index (χ1v) is 13.5. The average Bonchev–Trinajstić information content (AvgIpc) is 3.53. The summed E-state index contributed by atoms with van der Waals surface area (Å²) in [5.41, 5.74) is 3.29. The minimum Gasteiger partial charge on any atom is -0.348 e. The van der Waals surface area contributed by atoms with Gasteiger partial charge in [-0.05, 0) is 75.3 Å². The van der Waals surface area contributed by atoms with Gasteiger partial charge in [0, 0.05) is 33.9 Å². The second kappa shape index (κ2) is 9.19. The molecule has 7 nitrogen and oxygen atoms in total. The molecule has 1 amide bonds. The van der Waals surface area contributed by atoms with Crippen molar-refractivity contribution in [2.24, 2.45) is 5.92 Å². The van der Waals surface area contributed by atoms with Crippen molar-refractivity contribution in [2.45, 2.75) is 51.8 Å². The van der Waals surface area contributed by atoms with Crippen LogP contribution >= 0.6 is 15.9 Å². The van der Waals surface area contributed by atoms with Crippen molar-refractivity contribution in [3.8, 4) is 0 Å². The number of nitrogens with one attached hydrogen (secondary N) is 2. The van der Waals surface area contributed by atoms with Gasteiger partial charge in [-0.25, -0.2) is 12.4 Å². The predicted octanol–water partition coefficient (Wildman–Crippen LogP) is 4.48. The molecule has 1 unspecified atom stereocenters. The molecule has 3 aromatic rings. The van der Waals surface area contributed by atoms with Crippen molar-refractivity contribution in [1.29, 1.82) is 0 Å². The second-order valence-electron chi connectivity index (χ2n) is 9.03. The number of amides is 1. The number of allylic oxidation sites excluding steroid dienone is 1.